The molecule has 4 aromatic rings. The number of imide groups is 1. The van der Waals surface area contributed by atoms with Gasteiger partial charge in [0.25, 0.3) is 11.1 Å². The van der Waals surface area contributed by atoms with Crippen LogP contribution in [0.4, 0.5) is 4.79 Å². The standard InChI is InChI=1S/C29H23ClN2O5S/c1-17-14-20(18(2)32(17)21-10-11-24(30)23(16-21)28(34)35)15-26-27(33)31(29(36)38-26)12-13-37-25-9-5-7-19-6-3-4-8-22(19)25/h3-11,14-16H,12-13H2,1-2H3,(H,34,35)/b26-15-. The molecule has 0 saturated carbocycles. The zero-order chi connectivity index (χ0) is 27.0. The summed E-state index contributed by atoms with van der Waals surface area (Å²) in [4.78, 5) is 38.8. The van der Waals surface area contributed by atoms with Crippen molar-refractivity contribution in [3.05, 3.63) is 99.2 Å². The number of aromatic nitrogens is 1. The monoisotopic (exact) mass is 546 g/mol. The second kappa shape index (κ2) is 10.4. The minimum Gasteiger partial charge on any atom is -0.491 e. The third-order valence-electron chi connectivity index (χ3n) is 6.39. The Kier molecular flexibility index (Phi) is 7.01. The molecule has 1 N–H and O–H groups in total. The first-order valence-corrected chi connectivity index (χ1v) is 13.0. The summed E-state index contributed by atoms with van der Waals surface area (Å²) in [5, 5.41) is 11.3. The van der Waals surface area contributed by atoms with Crippen LogP contribution in [0, 0.1) is 13.8 Å². The van der Waals surface area contributed by atoms with Crippen LogP contribution in [0.1, 0.15) is 27.3 Å². The molecule has 0 spiro atoms. The van der Waals surface area contributed by atoms with Gasteiger partial charge in [-0.15, -0.1) is 0 Å². The maximum Gasteiger partial charge on any atom is 0.337 e. The number of thioether (sulfide) groups is 1. The number of nitrogens with zero attached hydrogens (tertiary/aromatic N) is 2. The van der Waals surface area contributed by atoms with Crippen molar-refractivity contribution in [1.82, 2.24) is 9.47 Å². The molecule has 7 nitrogen and oxygen atoms in total. The quantitative estimate of drug-likeness (QED) is 0.259. The number of hydrogen-bond donors (Lipinski definition) is 1. The Morgan fingerprint density at radius 3 is 2.61 bits per heavy atom. The number of rotatable bonds is 7. The fraction of sp³-hybridized carbons (Fsp3) is 0.138. The molecule has 5 rings (SSSR count). The van der Waals surface area contributed by atoms with Crippen LogP contribution >= 0.6 is 23.4 Å². The fourth-order valence-electron chi connectivity index (χ4n) is 4.55. The summed E-state index contributed by atoms with van der Waals surface area (Å²) in [6.45, 7) is 4.06. The van der Waals surface area contributed by atoms with Gasteiger partial charge in [0.05, 0.1) is 22.0 Å². The molecule has 0 aliphatic carbocycles. The second-order valence-electron chi connectivity index (χ2n) is 8.79. The van der Waals surface area contributed by atoms with Gasteiger partial charge in [-0.1, -0.05) is 48.0 Å². The number of hydrogen-bond acceptors (Lipinski definition) is 5. The highest BCUT2D eigenvalue weighted by Crippen LogP contribution is 2.34. The van der Waals surface area contributed by atoms with Gasteiger partial charge in [0.15, 0.2) is 0 Å². The highest BCUT2D eigenvalue weighted by molar-refractivity contribution is 8.18. The van der Waals surface area contributed by atoms with E-state index in [-0.39, 0.29) is 34.9 Å². The van der Waals surface area contributed by atoms with E-state index in [1.165, 1.54) is 11.0 Å². The van der Waals surface area contributed by atoms with Crippen LogP contribution in [-0.2, 0) is 4.79 Å². The van der Waals surface area contributed by atoms with E-state index >= 15 is 0 Å². The van der Waals surface area contributed by atoms with Crippen LogP contribution in [0.5, 0.6) is 5.75 Å². The van der Waals surface area contributed by atoms with E-state index in [4.69, 9.17) is 16.3 Å². The number of benzene rings is 3. The number of carboxylic acid groups (broad SMARTS) is 1. The van der Waals surface area contributed by atoms with Gasteiger partial charge in [-0.25, -0.2) is 4.79 Å². The third kappa shape index (κ3) is 4.80. The molecule has 0 unspecified atom stereocenters. The molecule has 1 saturated heterocycles. The van der Waals surface area contributed by atoms with Crippen LogP contribution < -0.4 is 4.74 Å². The smallest absolute Gasteiger partial charge is 0.337 e. The Morgan fingerprint density at radius 1 is 1.05 bits per heavy atom. The van der Waals surface area contributed by atoms with Crippen LogP contribution in [0.2, 0.25) is 5.02 Å². The summed E-state index contributed by atoms with van der Waals surface area (Å²) in [5.74, 6) is -0.782. The molecule has 3 aromatic carbocycles. The molecule has 1 aliphatic rings. The predicted octanol–water partition coefficient (Wildman–Crippen LogP) is 6.71. The summed E-state index contributed by atoms with van der Waals surface area (Å²) in [6.07, 6.45) is 1.70. The number of carbonyl (C=O) groups is 3. The van der Waals surface area contributed by atoms with Gasteiger partial charge < -0.3 is 14.4 Å². The van der Waals surface area contributed by atoms with Gasteiger partial charge in [-0.2, -0.15) is 0 Å². The number of aryl methyl sites for hydroxylation is 1. The van der Waals surface area contributed by atoms with Crippen molar-refractivity contribution < 1.29 is 24.2 Å². The zero-order valence-electron chi connectivity index (χ0n) is 20.6. The highest BCUT2D eigenvalue weighted by Gasteiger charge is 2.35. The molecule has 0 atom stereocenters. The van der Waals surface area contributed by atoms with E-state index in [1.54, 1.807) is 18.2 Å². The van der Waals surface area contributed by atoms with E-state index in [0.717, 1.165) is 39.5 Å². The zero-order valence-corrected chi connectivity index (χ0v) is 22.2. The lowest BCUT2D eigenvalue weighted by Gasteiger charge is -2.14. The number of carboxylic acids is 1. The molecule has 0 bridgehead atoms. The van der Waals surface area contributed by atoms with Gasteiger partial charge in [0.2, 0.25) is 0 Å². The summed E-state index contributed by atoms with van der Waals surface area (Å²) in [7, 11) is 0. The van der Waals surface area contributed by atoms with Crippen LogP contribution in [0.3, 0.4) is 0 Å². The largest absolute Gasteiger partial charge is 0.491 e. The average molecular weight is 547 g/mol. The predicted molar refractivity (Wildman–Crippen MR) is 149 cm³/mol. The van der Waals surface area contributed by atoms with Gasteiger partial charge >= 0.3 is 5.97 Å². The Morgan fingerprint density at radius 2 is 1.82 bits per heavy atom. The Balaban J connectivity index is 1.33. The third-order valence-corrected chi connectivity index (χ3v) is 7.63. The lowest BCUT2D eigenvalue weighted by molar-refractivity contribution is -0.123. The van der Waals surface area contributed by atoms with E-state index in [0.29, 0.717) is 16.3 Å². The molecule has 38 heavy (non-hydrogen) atoms. The number of carbonyl (C=O) groups excluding carboxylic acids is 2. The molecular formula is C29H23ClN2O5S. The number of ether oxygens (including phenoxy) is 1. The van der Waals surface area contributed by atoms with Crippen LogP contribution in [0.25, 0.3) is 22.5 Å². The number of halogens is 1. The second-order valence-corrected chi connectivity index (χ2v) is 10.2. The lowest BCUT2D eigenvalue weighted by Crippen LogP contribution is -2.32. The average Bonchev–Trinajstić information content (AvgIpc) is 3.33. The van der Waals surface area contributed by atoms with Crippen molar-refractivity contribution in [3.63, 3.8) is 0 Å². The van der Waals surface area contributed by atoms with Gasteiger partial charge in [0, 0.05) is 22.5 Å². The van der Waals surface area contributed by atoms with Gasteiger partial charge in [-0.05, 0) is 73.0 Å². The molecule has 1 fully saturated rings. The minimum absolute atomic E-state index is 0.00468. The normalized spacial score (nSPS) is 14.6. The van der Waals surface area contributed by atoms with Gasteiger partial charge in [-0.3, -0.25) is 14.5 Å². The van der Waals surface area contributed by atoms with Crippen LogP contribution in [-0.4, -0.2) is 44.8 Å². The number of fused-ring (bicyclic) bond motifs is 1. The van der Waals surface area contributed by atoms with Gasteiger partial charge in [0.1, 0.15) is 12.4 Å². The molecule has 1 aliphatic heterocycles. The van der Waals surface area contributed by atoms with E-state index < -0.39 is 5.97 Å². The molecule has 9 heteroatoms. The maximum atomic E-state index is 13.1. The van der Waals surface area contributed by atoms with Crippen molar-refractivity contribution >= 4 is 57.3 Å². The number of amides is 2. The minimum atomic E-state index is -1.11. The summed E-state index contributed by atoms with van der Waals surface area (Å²) in [5.41, 5.74) is 3.04. The highest BCUT2D eigenvalue weighted by atomic mass is 35.5. The summed E-state index contributed by atoms with van der Waals surface area (Å²) < 4.78 is 7.81. The molecule has 0 radical (unpaired) electrons. The van der Waals surface area contributed by atoms with Crippen molar-refractivity contribution in [2.45, 2.75) is 13.8 Å². The topological polar surface area (TPSA) is 88.8 Å². The molecular weight excluding hydrogens is 524 g/mol. The Hall–Kier alpha value is -4.01. The summed E-state index contributed by atoms with van der Waals surface area (Å²) in [6, 6.07) is 20.3. The first-order valence-electron chi connectivity index (χ1n) is 11.8. The van der Waals surface area contributed by atoms with Crippen molar-refractivity contribution in [2.24, 2.45) is 0 Å². The SMILES string of the molecule is Cc1cc(/C=C2\SC(=O)N(CCOc3cccc4ccccc34)C2=O)c(C)n1-c1ccc(Cl)c(C(=O)O)c1. The maximum absolute atomic E-state index is 13.1. The molecule has 2 heterocycles. The Bertz CT molecular complexity index is 1640. The van der Waals surface area contributed by atoms with Crippen molar-refractivity contribution in [2.75, 3.05) is 13.2 Å². The van der Waals surface area contributed by atoms with Crippen LogP contribution in [0.15, 0.2) is 71.6 Å². The molecule has 2 amide bonds. The van der Waals surface area contributed by atoms with Crippen molar-refractivity contribution in [1.29, 1.82) is 0 Å². The first-order chi connectivity index (χ1) is 18.2. The number of aromatic carboxylic acids is 1. The van der Waals surface area contributed by atoms with E-state index in [1.807, 2.05) is 66.9 Å². The molecule has 1 aromatic heterocycles. The Labute approximate surface area is 228 Å². The van der Waals surface area contributed by atoms with Crippen molar-refractivity contribution in [3.8, 4) is 11.4 Å². The first kappa shape index (κ1) is 25.6. The lowest BCUT2D eigenvalue weighted by atomic mass is 10.1. The molecule has 192 valence electrons. The summed E-state index contributed by atoms with van der Waals surface area (Å²) >= 11 is 6.92. The van der Waals surface area contributed by atoms with E-state index in [9.17, 15) is 19.5 Å². The van der Waals surface area contributed by atoms with E-state index in [2.05, 4.69) is 0 Å². The fourth-order valence-corrected chi connectivity index (χ4v) is 5.60.